The van der Waals surface area contributed by atoms with Crippen LogP contribution >= 0.6 is 0 Å². The van der Waals surface area contributed by atoms with Crippen molar-refractivity contribution in [2.75, 3.05) is 44.2 Å². The highest BCUT2D eigenvalue weighted by Crippen LogP contribution is 2.28. The minimum absolute atomic E-state index is 0.232. The van der Waals surface area contributed by atoms with E-state index in [9.17, 15) is 4.79 Å². The second-order valence-corrected chi connectivity index (χ2v) is 6.17. The number of nitrogens with one attached hydrogen (secondary N) is 1. The van der Waals surface area contributed by atoms with Crippen LogP contribution in [0.4, 0.5) is 5.95 Å². The molecular formula is C15H23N5O. The van der Waals surface area contributed by atoms with Gasteiger partial charge in [-0.15, -0.1) is 0 Å². The average Bonchev–Trinajstić information content (AvgIpc) is 2.56. The number of anilines is 1. The van der Waals surface area contributed by atoms with Crippen molar-refractivity contribution >= 4 is 11.9 Å². The molecule has 0 aliphatic carbocycles. The van der Waals surface area contributed by atoms with Crippen molar-refractivity contribution in [3.8, 4) is 0 Å². The van der Waals surface area contributed by atoms with Gasteiger partial charge in [0.05, 0.1) is 5.41 Å². The minimum atomic E-state index is -0.232. The fraction of sp³-hybridized carbons (Fsp3) is 0.667. The van der Waals surface area contributed by atoms with Gasteiger partial charge in [0.1, 0.15) is 0 Å². The molecule has 1 unspecified atom stereocenters. The smallest absolute Gasteiger partial charge is 0.229 e. The number of amides is 1. The van der Waals surface area contributed by atoms with E-state index in [2.05, 4.69) is 27.1 Å². The van der Waals surface area contributed by atoms with Crippen LogP contribution in [-0.2, 0) is 4.79 Å². The number of hydrogen-bond donors (Lipinski definition) is 1. The zero-order chi connectivity index (χ0) is 14.7. The number of carbonyl (C=O) groups excluding carboxylic acids is 1. The number of aromatic nitrogens is 2. The molecule has 0 radical (unpaired) electrons. The van der Waals surface area contributed by atoms with Crippen LogP contribution in [0, 0.1) is 5.41 Å². The number of nitrogens with zero attached hydrogens (tertiary/aromatic N) is 4. The van der Waals surface area contributed by atoms with Crippen LogP contribution < -0.4 is 10.2 Å². The summed E-state index contributed by atoms with van der Waals surface area (Å²) < 4.78 is 0. The molecule has 0 bridgehead atoms. The zero-order valence-electron chi connectivity index (χ0n) is 12.6. The van der Waals surface area contributed by atoms with Gasteiger partial charge in [0.15, 0.2) is 0 Å². The third-order valence-corrected chi connectivity index (χ3v) is 4.52. The quantitative estimate of drug-likeness (QED) is 0.860. The van der Waals surface area contributed by atoms with E-state index in [-0.39, 0.29) is 5.41 Å². The predicted molar refractivity (Wildman–Crippen MR) is 81.0 cm³/mol. The van der Waals surface area contributed by atoms with Crippen molar-refractivity contribution in [3.63, 3.8) is 0 Å². The van der Waals surface area contributed by atoms with Crippen LogP contribution in [0.2, 0.25) is 0 Å². The lowest BCUT2D eigenvalue weighted by Crippen LogP contribution is -2.56. The Morgan fingerprint density at radius 2 is 1.95 bits per heavy atom. The van der Waals surface area contributed by atoms with Gasteiger partial charge in [-0.3, -0.25) is 4.79 Å². The molecule has 2 aliphatic heterocycles. The summed E-state index contributed by atoms with van der Waals surface area (Å²) in [5.74, 6) is 1.05. The van der Waals surface area contributed by atoms with Gasteiger partial charge in [0.25, 0.3) is 0 Å². The van der Waals surface area contributed by atoms with Crippen LogP contribution in [0.15, 0.2) is 18.5 Å². The summed E-state index contributed by atoms with van der Waals surface area (Å²) in [5.41, 5.74) is -0.232. The van der Waals surface area contributed by atoms with Gasteiger partial charge in [-0.1, -0.05) is 0 Å². The lowest BCUT2D eigenvalue weighted by molar-refractivity contribution is -0.142. The molecule has 6 heteroatoms. The van der Waals surface area contributed by atoms with Crippen LogP contribution in [0.3, 0.4) is 0 Å². The Kier molecular flexibility index (Phi) is 4.05. The molecule has 1 N–H and O–H groups in total. The van der Waals surface area contributed by atoms with E-state index < -0.39 is 0 Å². The number of hydrogen-bond acceptors (Lipinski definition) is 5. The average molecular weight is 289 g/mol. The molecule has 1 atom stereocenters. The second kappa shape index (κ2) is 5.97. The summed E-state index contributed by atoms with van der Waals surface area (Å²) >= 11 is 0. The SMILES string of the molecule is CC1(C(=O)N2CCN(c3ncccn3)CC2)CCCNC1. The van der Waals surface area contributed by atoms with Crippen molar-refractivity contribution in [3.05, 3.63) is 18.5 Å². The molecule has 114 valence electrons. The van der Waals surface area contributed by atoms with E-state index in [1.54, 1.807) is 12.4 Å². The maximum absolute atomic E-state index is 12.8. The Hall–Kier alpha value is -1.69. The van der Waals surface area contributed by atoms with Crippen molar-refractivity contribution in [2.45, 2.75) is 19.8 Å². The molecule has 1 aromatic rings. The number of piperazine rings is 1. The fourth-order valence-electron chi connectivity index (χ4n) is 3.18. The monoisotopic (exact) mass is 289 g/mol. The summed E-state index contributed by atoms with van der Waals surface area (Å²) in [4.78, 5) is 25.5. The lowest BCUT2D eigenvalue weighted by atomic mass is 9.81. The molecule has 2 aliphatic rings. The van der Waals surface area contributed by atoms with Gasteiger partial charge in [-0.25, -0.2) is 9.97 Å². The Morgan fingerprint density at radius 3 is 2.57 bits per heavy atom. The number of rotatable bonds is 2. The van der Waals surface area contributed by atoms with Crippen molar-refractivity contribution in [2.24, 2.45) is 5.41 Å². The van der Waals surface area contributed by atoms with Gasteiger partial charge in [0, 0.05) is 45.1 Å². The molecule has 0 saturated carbocycles. The molecule has 2 fully saturated rings. The highest BCUT2D eigenvalue weighted by Gasteiger charge is 2.38. The highest BCUT2D eigenvalue weighted by molar-refractivity contribution is 5.83. The summed E-state index contributed by atoms with van der Waals surface area (Å²) in [6.45, 7) is 7.04. The second-order valence-electron chi connectivity index (χ2n) is 6.17. The maximum Gasteiger partial charge on any atom is 0.229 e. The Morgan fingerprint density at radius 1 is 1.24 bits per heavy atom. The number of piperidine rings is 1. The number of carbonyl (C=O) groups is 1. The molecule has 3 heterocycles. The van der Waals surface area contributed by atoms with E-state index in [4.69, 9.17) is 0 Å². The first-order chi connectivity index (χ1) is 10.2. The normalized spacial score (nSPS) is 26.7. The summed E-state index contributed by atoms with van der Waals surface area (Å²) in [6.07, 6.45) is 5.59. The van der Waals surface area contributed by atoms with Crippen molar-refractivity contribution in [1.29, 1.82) is 0 Å². The molecule has 2 saturated heterocycles. The first-order valence-corrected chi connectivity index (χ1v) is 7.71. The van der Waals surface area contributed by atoms with E-state index >= 15 is 0 Å². The van der Waals surface area contributed by atoms with Gasteiger partial charge in [-0.05, 0) is 32.4 Å². The molecule has 6 nitrogen and oxygen atoms in total. The first-order valence-electron chi connectivity index (χ1n) is 7.71. The van der Waals surface area contributed by atoms with E-state index in [1.165, 1.54) is 0 Å². The zero-order valence-corrected chi connectivity index (χ0v) is 12.6. The maximum atomic E-state index is 12.8. The topological polar surface area (TPSA) is 61.4 Å². The molecule has 3 rings (SSSR count). The van der Waals surface area contributed by atoms with Crippen molar-refractivity contribution in [1.82, 2.24) is 20.2 Å². The minimum Gasteiger partial charge on any atom is -0.339 e. The molecule has 21 heavy (non-hydrogen) atoms. The van der Waals surface area contributed by atoms with Gasteiger partial charge < -0.3 is 15.1 Å². The Balaban J connectivity index is 1.59. The molecular weight excluding hydrogens is 266 g/mol. The largest absolute Gasteiger partial charge is 0.339 e. The molecule has 1 amide bonds. The van der Waals surface area contributed by atoms with Crippen LogP contribution in [-0.4, -0.2) is 60.0 Å². The van der Waals surface area contributed by atoms with Gasteiger partial charge in [-0.2, -0.15) is 0 Å². The van der Waals surface area contributed by atoms with Gasteiger partial charge in [0.2, 0.25) is 11.9 Å². The van der Waals surface area contributed by atoms with Crippen LogP contribution in [0.25, 0.3) is 0 Å². The molecule has 0 spiro atoms. The van der Waals surface area contributed by atoms with Gasteiger partial charge >= 0.3 is 0 Å². The first kappa shape index (κ1) is 14.3. The summed E-state index contributed by atoms with van der Waals surface area (Å²) in [6, 6.07) is 1.82. The summed E-state index contributed by atoms with van der Waals surface area (Å²) in [7, 11) is 0. The third-order valence-electron chi connectivity index (χ3n) is 4.52. The fourth-order valence-corrected chi connectivity index (χ4v) is 3.18. The molecule has 1 aromatic heterocycles. The molecule has 0 aromatic carbocycles. The standard InChI is InChI=1S/C15H23N5O/c1-15(4-2-5-16-12-15)13(21)19-8-10-20(11-9-19)14-17-6-3-7-18-14/h3,6-7,16H,2,4-5,8-12H2,1H3. The lowest BCUT2D eigenvalue weighted by Gasteiger charge is -2.41. The van der Waals surface area contributed by atoms with Crippen LogP contribution in [0.5, 0.6) is 0 Å². The predicted octanol–water partition coefficient (Wildman–Crippen LogP) is 0.515. The Labute approximate surface area is 125 Å². The van der Waals surface area contributed by atoms with E-state index in [1.807, 2.05) is 11.0 Å². The van der Waals surface area contributed by atoms with E-state index in [0.717, 1.165) is 58.1 Å². The van der Waals surface area contributed by atoms with Crippen molar-refractivity contribution < 1.29 is 4.79 Å². The highest BCUT2D eigenvalue weighted by atomic mass is 16.2. The third kappa shape index (κ3) is 3.00. The Bertz CT molecular complexity index is 478. The van der Waals surface area contributed by atoms with Crippen LogP contribution in [0.1, 0.15) is 19.8 Å². The summed E-state index contributed by atoms with van der Waals surface area (Å²) in [5, 5.41) is 3.35. The van der Waals surface area contributed by atoms with E-state index in [0.29, 0.717) is 5.91 Å².